The highest BCUT2D eigenvalue weighted by Crippen LogP contribution is 2.34. The van der Waals surface area contributed by atoms with Crippen LogP contribution in [0, 0.1) is 3.57 Å². The Kier molecular flexibility index (Phi) is 3.60. The van der Waals surface area contributed by atoms with Crippen molar-refractivity contribution < 1.29 is 9.59 Å². The maximum atomic E-state index is 12.4. The summed E-state index contributed by atoms with van der Waals surface area (Å²) in [6.45, 7) is 0. The number of nitrogens with zero attached hydrogens (tertiary/aromatic N) is 1. The molecule has 0 aromatic heterocycles. The minimum atomic E-state index is -0.352. The number of hydrogen-bond donors (Lipinski definition) is 0. The van der Waals surface area contributed by atoms with Gasteiger partial charge in [-0.05, 0) is 59.0 Å². The maximum absolute atomic E-state index is 12.4. The van der Waals surface area contributed by atoms with Gasteiger partial charge in [0.1, 0.15) is 0 Å². The van der Waals surface area contributed by atoms with Crippen molar-refractivity contribution in [1.29, 1.82) is 0 Å². The fourth-order valence-corrected chi connectivity index (χ4v) is 3.40. The van der Waals surface area contributed by atoms with Crippen molar-refractivity contribution in [3.8, 4) is 0 Å². The number of hydrogen-bond acceptors (Lipinski definition) is 2. The summed E-state index contributed by atoms with van der Waals surface area (Å²) in [7, 11) is 0. The van der Waals surface area contributed by atoms with Crippen LogP contribution in [-0.4, -0.2) is 11.8 Å². The molecule has 0 saturated carbocycles. The number of imide groups is 1. The molecule has 3 rings (SSSR count). The predicted octanol–water partition coefficient (Wildman–Crippen LogP) is 4.51. The van der Waals surface area contributed by atoms with Crippen molar-refractivity contribution in [3.63, 3.8) is 0 Å². The lowest BCUT2D eigenvalue weighted by Gasteiger charge is -2.15. The van der Waals surface area contributed by atoms with Gasteiger partial charge in [0, 0.05) is 8.04 Å². The third kappa shape index (κ3) is 2.17. The number of halogens is 3. The number of carbonyl (C=O) groups is 2. The fraction of sp³-hybridized carbons (Fsp3) is 0. The zero-order valence-corrected chi connectivity index (χ0v) is 14.4. The molecule has 6 heteroatoms. The average molecular weight is 462 g/mol. The third-order valence-electron chi connectivity index (χ3n) is 3.00. The first-order valence-corrected chi connectivity index (χ1v) is 7.87. The number of anilines is 1. The maximum Gasteiger partial charge on any atom is 0.266 e. The van der Waals surface area contributed by atoms with Crippen molar-refractivity contribution in [2.45, 2.75) is 0 Å². The molecule has 0 unspecified atom stereocenters. The number of fused-ring (bicyclic) bond motifs is 1. The molecule has 1 aliphatic rings. The molecule has 2 aromatic rings. The van der Waals surface area contributed by atoms with Crippen LogP contribution in [-0.2, 0) is 0 Å². The molecule has 0 bridgehead atoms. The first kappa shape index (κ1) is 14.0. The summed E-state index contributed by atoms with van der Waals surface area (Å²) in [5.74, 6) is -0.699. The Bertz CT molecular complexity index is 763. The van der Waals surface area contributed by atoms with Gasteiger partial charge >= 0.3 is 0 Å². The Morgan fingerprint density at radius 3 is 2.40 bits per heavy atom. The Labute approximate surface area is 142 Å². The molecule has 2 amide bonds. The van der Waals surface area contributed by atoms with Gasteiger partial charge in [0.25, 0.3) is 11.8 Å². The van der Waals surface area contributed by atoms with Gasteiger partial charge in [0.2, 0.25) is 0 Å². The van der Waals surface area contributed by atoms with E-state index in [1.54, 1.807) is 36.4 Å². The summed E-state index contributed by atoms with van der Waals surface area (Å²) in [6.07, 6.45) is 0. The highest BCUT2D eigenvalue weighted by atomic mass is 127. The van der Waals surface area contributed by atoms with Gasteiger partial charge < -0.3 is 0 Å². The highest BCUT2D eigenvalue weighted by molar-refractivity contribution is 14.1. The van der Waals surface area contributed by atoms with Crippen molar-refractivity contribution in [2.75, 3.05) is 4.90 Å². The van der Waals surface area contributed by atoms with E-state index < -0.39 is 0 Å². The van der Waals surface area contributed by atoms with Crippen molar-refractivity contribution >= 4 is 67.6 Å². The Balaban J connectivity index is 2.14. The second-order valence-corrected chi connectivity index (χ2v) is 6.80. The Morgan fingerprint density at radius 1 is 1.00 bits per heavy atom. The van der Waals surface area contributed by atoms with E-state index in [1.807, 2.05) is 0 Å². The summed E-state index contributed by atoms with van der Waals surface area (Å²) < 4.78 is 1.70. The van der Waals surface area contributed by atoms with Crippen molar-refractivity contribution in [3.05, 3.63) is 60.6 Å². The van der Waals surface area contributed by atoms with Crippen molar-refractivity contribution in [1.82, 2.24) is 0 Å². The van der Waals surface area contributed by atoms with Gasteiger partial charge in [-0.25, -0.2) is 4.90 Å². The smallest absolute Gasteiger partial charge is 0.266 e. The van der Waals surface area contributed by atoms with Gasteiger partial charge in [0.05, 0.1) is 21.8 Å². The van der Waals surface area contributed by atoms with Gasteiger partial charge in [-0.1, -0.05) is 27.5 Å². The standard InChI is InChI=1S/C14H6BrClINO2/c15-7-1-3-9-10(5-7)14(20)18(13(9)19)12-4-2-8(17)6-11(12)16/h1-6H. The van der Waals surface area contributed by atoms with E-state index in [0.29, 0.717) is 21.8 Å². The number of rotatable bonds is 1. The third-order valence-corrected chi connectivity index (χ3v) is 4.47. The van der Waals surface area contributed by atoms with Gasteiger partial charge in [0.15, 0.2) is 0 Å². The van der Waals surface area contributed by atoms with Crippen LogP contribution in [0.1, 0.15) is 20.7 Å². The molecule has 0 fully saturated rings. The second-order valence-electron chi connectivity index (χ2n) is 4.23. The zero-order valence-electron chi connectivity index (χ0n) is 9.86. The van der Waals surface area contributed by atoms with Crippen LogP contribution in [0.3, 0.4) is 0 Å². The molecule has 1 heterocycles. The van der Waals surface area contributed by atoms with Crippen LogP contribution >= 0.6 is 50.1 Å². The normalized spacial score (nSPS) is 13.8. The van der Waals surface area contributed by atoms with E-state index in [4.69, 9.17) is 11.6 Å². The first-order valence-electron chi connectivity index (χ1n) is 5.62. The first-order chi connectivity index (χ1) is 9.49. The highest BCUT2D eigenvalue weighted by Gasteiger charge is 2.37. The molecule has 20 heavy (non-hydrogen) atoms. The summed E-state index contributed by atoms with van der Waals surface area (Å²) in [4.78, 5) is 25.9. The number of benzene rings is 2. The Morgan fingerprint density at radius 2 is 1.70 bits per heavy atom. The van der Waals surface area contributed by atoms with Crippen LogP contribution < -0.4 is 4.90 Å². The summed E-state index contributed by atoms with van der Waals surface area (Å²) in [5, 5.41) is 0.380. The predicted molar refractivity (Wildman–Crippen MR) is 89.5 cm³/mol. The van der Waals surface area contributed by atoms with Crippen molar-refractivity contribution in [2.24, 2.45) is 0 Å². The van der Waals surface area contributed by atoms with E-state index in [1.165, 1.54) is 0 Å². The van der Waals surface area contributed by atoms with E-state index in [-0.39, 0.29) is 11.8 Å². The number of carbonyl (C=O) groups excluding carboxylic acids is 2. The monoisotopic (exact) mass is 461 g/mol. The SMILES string of the molecule is O=C1c2ccc(Br)cc2C(=O)N1c1ccc(I)cc1Cl. The molecule has 1 aliphatic heterocycles. The number of amides is 2. The quantitative estimate of drug-likeness (QED) is 0.462. The second kappa shape index (κ2) is 5.13. The summed E-state index contributed by atoms with van der Waals surface area (Å²) >= 11 is 11.6. The van der Waals surface area contributed by atoms with Gasteiger partial charge in [-0.2, -0.15) is 0 Å². The molecule has 0 radical (unpaired) electrons. The molecule has 0 spiro atoms. The molecule has 0 aliphatic carbocycles. The lowest BCUT2D eigenvalue weighted by atomic mass is 10.1. The lowest BCUT2D eigenvalue weighted by molar-refractivity contribution is 0.0926. The van der Waals surface area contributed by atoms with Gasteiger partial charge in [-0.15, -0.1) is 0 Å². The molecule has 2 aromatic carbocycles. The average Bonchev–Trinajstić information content (AvgIpc) is 2.63. The van der Waals surface area contributed by atoms with Gasteiger partial charge in [-0.3, -0.25) is 9.59 Å². The molecular formula is C14H6BrClINO2. The van der Waals surface area contributed by atoms with Crippen LogP contribution in [0.15, 0.2) is 40.9 Å². The molecule has 0 saturated heterocycles. The summed E-state index contributed by atoms with van der Waals surface area (Å²) in [6, 6.07) is 10.2. The fourth-order valence-electron chi connectivity index (χ4n) is 2.09. The zero-order chi connectivity index (χ0) is 14.4. The lowest BCUT2D eigenvalue weighted by Crippen LogP contribution is -2.29. The van der Waals surface area contributed by atoms with E-state index in [9.17, 15) is 9.59 Å². The van der Waals surface area contributed by atoms with Crippen LogP contribution in [0.25, 0.3) is 0 Å². The summed E-state index contributed by atoms with van der Waals surface area (Å²) in [5.41, 5.74) is 1.20. The molecular weight excluding hydrogens is 456 g/mol. The van der Waals surface area contributed by atoms with Crippen LogP contribution in [0.2, 0.25) is 5.02 Å². The van der Waals surface area contributed by atoms with E-state index in [0.717, 1.165) is 12.9 Å². The topological polar surface area (TPSA) is 37.4 Å². The van der Waals surface area contributed by atoms with E-state index >= 15 is 0 Å². The largest absolute Gasteiger partial charge is 0.268 e. The van der Waals surface area contributed by atoms with Crippen LogP contribution in [0.5, 0.6) is 0 Å². The molecule has 0 N–H and O–H groups in total. The molecule has 0 atom stereocenters. The Hall–Kier alpha value is -0.920. The van der Waals surface area contributed by atoms with Crippen LogP contribution in [0.4, 0.5) is 5.69 Å². The minimum Gasteiger partial charge on any atom is -0.268 e. The minimum absolute atomic E-state index is 0.347. The van der Waals surface area contributed by atoms with E-state index in [2.05, 4.69) is 38.5 Å². The molecule has 100 valence electrons. The molecule has 3 nitrogen and oxygen atoms in total.